The molecule has 0 aromatic rings. The summed E-state index contributed by atoms with van der Waals surface area (Å²) in [5, 5.41) is 9.35. The van der Waals surface area contributed by atoms with Crippen LogP contribution in [0.4, 0.5) is 0 Å². The van der Waals surface area contributed by atoms with Crippen LogP contribution in [0.15, 0.2) is 47.6 Å². The number of ketones is 3. The van der Waals surface area contributed by atoms with Crippen LogP contribution in [-0.4, -0.2) is 129 Å². The number of piperidine rings is 1. The molecule has 4 rings (SSSR count). The number of carbonyl (C=O) groups excluding carboxylic acids is 5. The lowest BCUT2D eigenvalue weighted by Gasteiger charge is -2.39. The zero-order chi connectivity index (χ0) is 48.5. The van der Waals surface area contributed by atoms with Gasteiger partial charge in [0.05, 0.1) is 37.6 Å². The van der Waals surface area contributed by atoms with E-state index in [-0.39, 0.29) is 91.8 Å². The van der Waals surface area contributed by atoms with Gasteiger partial charge >= 0.3 is 5.97 Å². The van der Waals surface area contributed by atoms with E-state index in [9.17, 15) is 29.1 Å². The Morgan fingerprint density at radius 3 is 2.26 bits per heavy atom. The summed E-state index contributed by atoms with van der Waals surface area (Å²) >= 11 is 0. The molecule has 0 spiro atoms. The van der Waals surface area contributed by atoms with Gasteiger partial charge in [0, 0.05) is 59.0 Å². The molecule has 14 atom stereocenters. The van der Waals surface area contributed by atoms with Gasteiger partial charge in [-0.1, -0.05) is 76.6 Å². The van der Waals surface area contributed by atoms with E-state index in [0.29, 0.717) is 64.2 Å². The second-order valence-corrected chi connectivity index (χ2v) is 19.9. The first kappa shape index (κ1) is 55.3. The van der Waals surface area contributed by atoms with Crippen LogP contribution in [0.5, 0.6) is 0 Å². The molecule has 3 aliphatic heterocycles. The summed E-state index contributed by atoms with van der Waals surface area (Å²) in [6.07, 6.45) is 16.0. The molecule has 1 amide bonds. The number of fused-ring (bicyclic) bond motifs is 3. The molecule has 1 aliphatic carbocycles. The number of ether oxygens (including phenoxy) is 6. The lowest BCUT2D eigenvalue weighted by Crippen LogP contribution is -2.55. The number of esters is 1. The number of cyclic esters (lactones) is 1. The van der Waals surface area contributed by atoms with E-state index < -0.39 is 47.9 Å². The Labute approximate surface area is 395 Å². The molecule has 0 radical (unpaired) electrons. The SMILES string of the molecule is COC1CC(C)=CC(C)C(=O)CC([C@H](C)CC2CC[C@@H](OCCO)[C@H](OC)C2)OC(=O)C2CCCCN2C(=O)C(=O)C2OC(CCC2C)CC(OC)C(C)=CC=CC=CC(C)CC(C)C1=O. The predicted molar refractivity (Wildman–Crippen MR) is 253 cm³/mol. The highest BCUT2D eigenvalue weighted by Crippen LogP contribution is 2.36. The van der Waals surface area contributed by atoms with Gasteiger partial charge in [0.15, 0.2) is 5.78 Å². The topological polar surface area (TPSA) is 164 Å². The van der Waals surface area contributed by atoms with Crippen LogP contribution >= 0.6 is 0 Å². The Morgan fingerprint density at radius 2 is 1.56 bits per heavy atom. The van der Waals surface area contributed by atoms with Crippen LogP contribution < -0.4 is 0 Å². The third kappa shape index (κ3) is 16.1. The minimum atomic E-state index is -0.982. The molecule has 0 aromatic heterocycles. The lowest BCUT2D eigenvalue weighted by molar-refractivity contribution is -0.170. The predicted octanol–water partition coefficient (Wildman–Crippen LogP) is 7.91. The number of amides is 1. The summed E-state index contributed by atoms with van der Waals surface area (Å²) in [5.74, 6) is -3.01. The molecule has 3 fully saturated rings. The number of hydrogen-bond donors (Lipinski definition) is 1. The molecule has 3 heterocycles. The fraction of sp³-hybridized carbons (Fsp3) is 0.755. The fourth-order valence-corrected chi connectivity index (χ4v) is 10.5. The Morgan fingerprint density at radius 1 is 0.818 bits per heavy atom. The molecule has 13 heteroatoms. The summed E-state index contributed by atoms with van der Waals surface area (Å²) in [7, 11) is 4.85. The highest BCUT2D eigenvalue weighted by Gasteiger charge is 2.44. The molecule has 13 nitrogen and oxygen atoms in total. The molecule has 0 aromatic carbocycles. The molecule has 2 saturated heterocycles. The van der Waals surface area contributed by atoms with Crippen LogP contribution in [0.3, 0.4) is 0 Å². The molecule has 66 heavy (non-hydrogen) atoms. The van der Waals surface area contributed by atoms with Crippen LogP contribution in [0.25, 0.3) is 0 Å². The Hall–Kier alpha value is -3.33. The van der Waals surface area contributed by atoms with Gasteiger partial charge in [0.25, 0.3) is 5.91 Å². The van der Waals surface area contributed by atoms with Crippen LogP contribution in [0.1, 0.15) is 132 Å². The number of rotatable bonds is 9. The molecule has 1 saturated carbocycles. The van der Waals surface area contributed by atoms with E-state index in [0.717, 1.165) is 24.0 Å². The van der Waals surface area contributed by atoms with Crippen molar-refractivity contribution in [1.29, 1.82) is 0 Å². The molecule has 2 bridgehead atoms. The van der Waals surface area contributed by atoms with Crippen molar-refractivity contribution in [3.05, 3.63) is 47.6 Å². The zero-order valence-electron chi connectivity index (χ0n) is 41.7. The number of carbonyl (C=O) groups is 5. The normalized spacial score (nSPS) is 35.2. The third-order valence-electron chi connectivity index (χ3n) is 14.5. The van der Waals surface area contributed by atoms with E-state index in [4.69, 9.17) is 28.4 Å². The summed E-state index contributed by atoms with van der Waals surface area (Å²) in [6.45, 7) is 14.1. The van der Waals surface area contributed by atoms with Crippen molar-refractivity contribution < 1.29 is 57.5 Å². The van der Waals surface area contributed by atoms with Gasteiger partial charge in [-0.15, -0.1) is 0 Å². The number of Topliss-reactive ketones (excluding diaryl/α,β-unsaturated/α-hetero) is 3. The first-order valence-electron chi connectivity index (χ1n) is 24.8. The van der Waals surface area contributed by atoms with Gasteiger partial charge in [0.1, 0.15) is 30.1 Å². The first-order chi connectivity index (χ1) is 31.5. The fourth-order valence-electron chi connectivity index (χ4n) is 10.5. The Balaban J connectivity index is 1.65. The van der Waals surface area contributed by atoms with Crippen molar-refractivity contribution in [2.75, 3.05) is 41.1 Å². The van der Waals surface area contributed by atoms with Crippen molar-refractivity contribution >= 4 is 29.2 Å². The summed E-state index contributed by atoms with van der Waals surface area (Å²) in [4.78, 5) is 72.1. The second kappa shape index (κ2) is 27.6. The maximum Gasteiger partial charge on any atom is 0.329 e. The van der Waals surface area contributed by atoms with Crippen molar-refractivity contribution in [3.63, 3.8) is 0 Å². The highest BCUT2D eigenvalue weighted by molar-refractivity contribution is 6.38. The smallest absolute Gasteiger partial charge is 0.329 e. The van der Waals surface area contributed by atoms with E-state index in [1.165, 1.54) is 4.90 Å². The highest BCUT2D eigenvalue weighted by atomic mass is 16.6. The minimum absolute atomic E-state index is 0.0123. The van der Waals surface area contributed by atoms with Crippen LogP contribution in [-0.2, 0) is 52.4 Å². The average molecular weight is 926 g/mol. The largest absolute Gasteiger partial charge is 0.460 e. The van der Waals surface area contributed by atoms with Gasteiger partial charge in [-0.05, 0) is 107 Å². The molecule has 4 aliphatic rings. The first-order valence-corrected chi connectivity index (χ1v) is 24.8. The van der Waals surface area contributed by atoms with Crippen molar-refractivity contribution in [1.82, 2.24) is 4.90 Å². The summed E-state index contributed by atoms with van der Waals surface area (Å²) < 4.78 is 36.1. The summed E-state index contributed by atoms with van der Waals surface area (Å²) in [6, 6.07) is -0.982. The number of nitrogens with zero attached hydrogens (tertiary/aromatic N) is 1. The van der Waals surface area contributed by atoms with E-state index in [2.05, 4.69) is 13.0 Å². The van der Waals surface area contributed by atoms with E-state index >= 15 is 0 Å². The number of hydrogen-bond acceptors (Lipinski definition) is 12. The molecule has 1 N–H and O–H groups in total. The van der Waals surface area contributed by atoms with Crippen molar-refractivity contribution in [3.8, 4) is 0 Å². The van der Waals surface area contributed by atoms with E-state index in [1.807, 2.05) is 71.9 Å². The van der Waals surface area contributed by atoms with Gasteiger partial charge in [0.2, 0.25) is 5.78 Å². The number of allylic oxidation sites excluding steroid dienone is 6. The molecule has 372 valence electrons. The number of aliphatic hydroxyl groups excluding tert-OH is 1. The van der Waals surface area contributed by atoms with Crippen molar-refractivity contribution in [2.24, 2.45) is 35.5 Å². The van der Waals surface area contributed by atoms with E-state index in [1.54, 1.807) is 21.3 Å². The maximum absolute atomic E-state index is 14.4. The number of methoxy groups -OCH3 is 3. The molecular weight excluding hydrogens is 843 g/mol. The quantitative estimate of drug-likeness (QED) is 0.135. The van der Waals surface area contributed by atoms with Crippen LogP contribution in [0, 0.1) is 35.5 Å². The lowest BCUT2D eigenvalue weighted by atomic mass is 9.78. The Bertz CT molecular complexity index is 1720. The second-order valence-electron chi connectivity index (χ2n) is 19.9. The monoisotopic (exact) mass is 926 g/mol. The maximum atomic E-state index is 14.4. The molecular formula is C53H83NO12. The average Bonchev–Trinajstić information content (AvgIpc) is 3.30. The number of aliphatic hydroxyl groups is 1. The van der Waals surface area contributed by atoms with Gasteiger partial charge in [-0.25, -0.2) is 4.79 Å². The van der Waals surface area contributed by atoms with Gasteiger partial charge in [-0.3, -0.25) is 19.2 Å². The summed E-state index contributed by atoms with van der Waals surface area (Å²) in [5.41, 5.74) is 1.84. The standard InChI is InChI=1S/C53H83NO12/c1-33-16-12-11-13-17-35(3)45(61-8)31-41-21-19-36(4)51(65-41)50(58)52(59)54-23-15-14-18-42(54)53(60)66-46(38(6)29-40-20-22-44(64-25-24-55)47(30-40)62-9)32-43(56)37(5)27-34(2)28-48(63-10)49(57)39(7)26-33/h11-13,16-17,27,33,36-42,44-48,51,55H,14-15,18-26,28-32H2,1-10H3/t33?,36?,37?,38-,39?,40?,41?,42?,44-,45?,46?,47-,48?,51?/m1/s1. The third-order valence-corrected chi connectivity index (χ3v) is 14.5. The van der Waals surface area contributed by atoms with Crippen molar-refractivity contribution in [2.45, 2.75) is 181 Å². The van der Waals surface area contributed by atoms with Gasteiger partial charge in [-0.2, -0.15) is 0 Å². The zero-order valence-corrected chi connectivity index (χ0v) is 41.7. The van der Waals surface area contributed by atoms with Crippen LogP contribution in [0.2, 0.25) is 0 Å². The van der Waals surface area contributed by atoms with Gasteiger partial charge < -0.3 is 38.4 Å². The minimum Gasteiger partial charge on any atom is -0.460 e. The Kier molecular flexibility index (Phi) is 23.1. The molecule has 11 unspecified atom stereocenters.